The average molecular weight is 552 g/mol. The van der Waals surface area contributed by atoms with E-state index in [2.05, 4.69) is 20.9 Å². The Morgan fingerprint density at radius 2 is 1.49 bits per heavy atom. The molecule has 216 valence electrons. The Bertz CT molecular complexity index is 1040. The van der Waals surface area contributed by atoms with Gasteiger partial charge in [0.05, 0.1) is 12.5 Å². The number of guanidine groups is 1. The van der Waals surface area contributed by atoms with Gasteiger partial charge in [-0.25, -0.2) is 4.79 Å². The van der Waals surface area contributed by atoms with Crippen molar-refractivity contribution in [2.75, 3.05) is 6.54 Å². The molecule has 0 aliphatic heterocycles. The van der Waals surface area contributed by atoms with Gasteiger partial charge in [-0.15, -0.1) is 0 Å². The molecule has 1 aromatic rings. The lowest BCUT2D eigenvalue weighted by atomic mass is 10.0. The van der Waals surface area contributed by atoms with Gasteiger partial charge >= 0.3 is 11.9 Å². The predicted molar refractivity (Wildman–Crippen MR) is 140 cm³/mol. The summed E-state index contributed by atoms with van der Waals surface area (Å²) in [4.78, 5) is 64.9. The summed E-state index contributed by atoms with van der Waals surface area (Å²) < 4.78 is 0. The standard InChI is InChI=1S/C24H37N7O8/c1-12(2)19(22(37)30-17(23(38)39)11-18(33)34)31-21(36)16(4-3-9-28-24(26)27)29-20(35)15(25)10-13-5-7-14(32)8-6-13/h5-8,12,15-17,19,32H,3-4,9-11,25H2,1-2H3,(H,29,35)(H,30,37)(H,31,36)(H,33,34)(H,38,39)(H4,26,27,28)/t15-,16-,17-,19-/m0/s1. The number of hydrogen-bond acceptors (Lipinski definition) is 8. The maximum atomic E-state index is 13.2. The summed E-state index contributed by atoms with van der Waals surface area (Å²) in [5.41, 5.74) is 17.3. The number of aromatic hydroxyl groups is 1. The molecule has 1 rings (SSSR count). The maximum absolute atomic E-state index is 13.2. The third-order valence-corrected chi connectivity index (χ3v) is 5.55. The number of phenolic OH excluding ortho intramolecular Hbond substituents is 1. The van der Waals surface area contributed by atoms with Crippen LogP contribution in [0.1, 0.15) is 38.7 Å². The summed E-state index contributed by atoms with van der Waals surface area (Å²) in [5.74, 6) is -5.90. The number of aliphatic carboxylic acids is 2. The largest absolute Gasteiger partial charge is 0.508 e. The quantitative estimate of drug-likeness (QED) is 0.0614. The van der Waals surface area contributed by atoms with Gasteiger partial charge in [-0.2, -0.15) is 0 Å². The molecule has 0 fully saturated rings. The molecule has 0 aromatic heterocycles. The highest BCUT2D eigenvalue weighted by atomic mass is 16.4. The first-order valence-electron chi connectivity index (χ1n) is 12.2. The molecule has 39 heavy (non-hydrogen) atoms. The van der Waals surface area contributed by atoms with Crippen molar-refractivity contribution in [3.8, 4) is 5.75 Å². The Hall–Kier alpha value is -4.40. The molecule has 0 aliphatic rings. The van der Waals surface area contributed by atoms with E-state index in [-0.39, 0.29) is 37.5 Å². The van der Waals surface area contributed by atoms with Crippen LogP contribution in [-0.2, 0) is 30.4 Å². The van der Waals surface area contributed by atoms with Crippen molar-refractivity contribution in [3.63, 3.8) is 0 Å². The van der Waals surface area contributed by atoms with E-state index in [1.54, 1.807) is 26.0 Å². The first-order valence-corrected chi connectivity index (χ1v) is 12.2. The molecule has 0 unspecified atom stereocenters. The van der Waals surface area contributed by atoms with Gasteiger partial charge in [0.2, 0.25) is 17.7 Å². The van der Waals surface area contributed by atoms with E-state index in [4.69, 9.17) is 22.3 Å². The number of rotatable bonds is 16. The van der Waals surface area contributed by atoms with Crippen molar-refractivity contribution in [1.29, 1.82) is 0 Å². The van der Waals surface area contributed by atoms with Crippen LogP contribution in [-0.4, -0.2) is 81.7 Å². The monoisotopic (exact) mass is 551 g/mol. The second-order valence-electron chi connectivity index (χ2n) is 9.21. The number of benzene rings is 1. The van der Waals surface area contributed by atoms with Crippen LogP contribution in [0.15, 0.2) is 29.3 Å². The lowest BCUT2D eigenvalue weighted by Crippen LogP contribution is -2.58. The van der Waals surface area contributed by atoms with Crippen LogP contribution in [0.3, 0.4) is 0 Å². The fourth-order valence-electron chi connectivity index (χ4n) is 3.45. The predicted octanol–water partition coefficient (Wildman–Crippen LogP) is -2.01. The third kappa shape index (κ3) is 12.1. The normalized spacial score (nSPS) is 13.8. The fraction of sp³-hybridized carbons (Fsp3) is 0.500. The first-order chi connectivity index (χ1) is 18.2. The Morgan fingerprint density at radius 3 is 2.00 bits per heavy atom. The van der Waals surface area contributed by atoms with Crippen LogP contribution < -0.4 is 33.2 Å². The van der Waals surface area contributed by atoms with Crippen molar-refractivity contribution in [2.45, 2.75) is 63.7 Å². The van der Waals surface area contributed by atoms with Crippen LogP contribution in [0.5, 0.6) is 5.75 Å². The number of nitrogens with zero attached hydrogens (tertiary/aromatic N) is 1. The highest BCUT2D eigenvalue weighted by molar-refractivity contribution is 5.94. The summed E-state index contributed by atoms with van der Waals surface area (Å²) in [5, 5.41) is 34.7. The molecule has 15 nitrogen and oxygen atoms in total. The lowest BCUT2D eigenvalue weighted by Gasteiger charge is -2.27. The minimum atomic E-state index is -1.71. The molecular formula is C24H37N7O8. The van der Waals surface area contributed by atoms with Crippen LogP contribution in [0.25, 0.3) is 0 Å². The van der Waals surface area contributed by atoms with Crippen molar-refractivity contribution in [2.24, 2.45) is 28.1 Å². The van der Waals surface area contributed by atoms with Crippen LogP contribution in [0.2, 0.25) is 0 Å². The molecule has 3 amide bonds. The van der Waals surface area contributed by atoms with E-state index in [9.17, 15) is 34.2 Å². The number of carbonyl (C=O) groups excluding carboxylic acids is 3. The molecule has 0 bridgehead atoms. The molecule has 0 aliphatic carbocycles. The Labute approximate surface area is 225 Å². The summed E-state index contributed by atoms with van der Waals surface area (Å²) in [7, 11) is 0. The highest BCUT2D eigenvalue weighted by Gasteiger charge is 2.32. The van der Waals surface area contributed by atoms with E-state index < -0.39 is 66.2 Å². The van der Waals surface area contributed by atoms with E-state index in [1.807, 2.05) is 0 Å². The zero-order chi connectivity index (χ0) is 29.7. The molecule has 0 radical (unpaired) electrons. The number of nitrogens with two attached hydrogens (primary N) is 3. The van der Waals surface area contributed by atoms with E-state index in [0.717, 1.165) is 0 Å². The zero-order valence-corrected chi connectivity index (χ0v) is 21.8. The van der Waals surface area contributed by atoms with Gasteiger partial charge in [0.1, 0.15) is 23.9 Å². The molecule has 0 heterocycles. The molecule has 4 atom stereocenters. The average Bonchev–Trinajstić information content (AvgIpc) is 2.84. The number of carbonyl (C=O) groups is 5. The number of aliphatic imine (C=N–C) groups is 1. The number of amides is 3. The molecule has 0 saturated heterocycles. The molecule has 0 saturated carbocycles. The van der Waals surface area contributed by atoms with Gasteiger partial charge in [-0.3, -0.25) is 24.2 Å². The van der Waals surface area contributed by atoms with Gasteiger partial charge in [-0.05, 0) is 42.9 Å². The number of hydrogen-bond donors (Lipinski definition) is 9. The summed E-state index contributed by atoms with van der Waals surface area (Å²) in [6, 6.07) is 0.951. The number of nitrogens with one attached hydrogen (secondary N) is 3. The lowest BCUT2D eigenvalue weighted by molar-refractivity contribution is -0.147. The number of phenols is 1. The second kappa shape index (κ2) is 15.8. The number of carboxylic acid groups (broad SMARTS) is 2. The minimum absolute atomic E-state index is 0.0515. The Morgan fingerprint density at radius 1 is 0.897 bits per heavy atom. The van der Waals surface area contributed by atoms with Crippen LogP contribution >= 0.6 is 0 Å². The Balaban J connectivity index is 3.01. The molecular weight excluding hydrogens is 514 g/mol. The van der Waals surface area contributed by atoms with Crippen LogP contribution in [0, 0.1) is 5.92 Å². The van der Waals surface area contributed by atoms with Crippen molar-refractivity contribution in [1.82, 2.24) is 16.0 Å². The van der Waals surface area contributed by atoms with E-state index in [1.165, 1.54) is 12.1 Å². The number of carboxylic acids is 2. The second-order valence-corrected chi connectivity index (χ2v) is 9.21. The zero-order valence-electron chi connectivity index (χ0n) is 21.8. The van der Waals surface area contributed by atoms with Crippen molar-refractivity contribution >= 4 is 35.6 Å². The molecule has 12 N–H and O–H groups in total. The molecule has 0 spiro atoms. The van der Waals surface area contributed by atoms with Gasteiger partial charge < -0.3 is 48.5 Å². The van der Waals surface area contributed by atoms with Crippen LogP contribution in [0.4, 0.5) is 0 Å². The van der Waals surface area contributed by atoms with Gasteiger partial charge in [0.15, 0.2) is 5.96 Å². The van der Waals surface area contributed by atoms with E-state index >= 15 is 0 Å². The summed E-state index contributed by atoms with van der Waals surface area (Å²) in [6.45, 7) is 3.35. The van der Waals surface area contributed by atoms with Gasteiger partial charge in [0, 0.05) is 6.54 Å². The first kappa shape index (κ1) is 32.6. The molecule has 1 aromatic carbocycles. The third-order valence-electron chi connectivity index (χ3n) is 5.55. The smallest absolute Gasteiger partial charge is 0.326 e. The highest BCUT2D eigenvalue weighted by Crippen LogP contribution is 2.11. The van der Waals surface area contributed by atoms with Crippen molar-refractivity contribution < 1.29 is 39.3 Å². The Kier molecular flexibility index (Phi) is 13.2. The summed E-state index contributed by atoms with van der Waals surface area (Å²) >= 11 is 0. The van der Waals surface area contributed by atoms with Gasteiger partial charge in [0.25, 0.3) is 0 Å². The fourth-order valence-corrected chi connectivity index (χ4v) is 3.45. The SMILES string of the molecule is CC(C)[C@H](NC(=O)[C@H](CCCN=C(N)N)NC(=O)[C@@H](N)Cc1ccc(O)cc1)C(=O)N[C@@H](CC(=O)O)C(=O)O. The topological polar surface area (TPSA) is 273 Å². The maximum Gasteiger partial charge on any atom is 0.326 e. The van der Waals surface area contributed by atoms with Gasteiger partial charge in [-0.1, -0.05) is 26.0 Å². The minimum Gasteiger partial charge on any atom is -0.508 e. The summed E-state index contributed by atoms with van der Waals surface area (Å²) in [6.07, 6.45) is -0.390. The molecule has 15 heteroatoms. The van der Waals surface area contributed by atoms with E-state index in [0.29, 0.717) is 5.56 Å². The van der Waals surface area contributed by atoms with Crippen molar-refractivity contribution in [3.05, 3.63) is 29.8 Å².